The third-order valence-electron chi connectivity index (χ3n) is 4.65. The van der Waals surface area contributed by atoms with Gasteiger partial charge in [0.2, 0.25) is 0 Å². The monoisotopic (exact) mass is 353 g/mol. The lowest BCUT2D eigenvalue weighted by Gasteiger charge is -2.10. The Balaban J connectivity index is 1.94. The van der Waals surface area contributed by atoms with Crippen LogP contribution >= 0.6 is 11.6 Å². The molecule has 1 aliphatic heterocycles. The molecule has 0 atom stereocenters. The third kappa shape index (κ3) is 2.67. The molecule has 5 heteroatoms. The topological polar surface area (TPSA) is 39.1 Å². The number of methoxy groups -OCH3 is 1. The number of aryl methyl sites for hydroxylation is 2. The summed E-state index contributed by atoms with van der Waals surface area (Å²) in [7, 11) is 1.67. The standard InChI is InChI=1S/C20H20ClN3O/c1-12-4-6-17(13(2)10-12)24-20-15(8-9-22-20)19(23-24)16-11-14(21)5-7-18(16)25-3/h4-7,10-11,22H,8-9H2,1-3H3. The second-order valence-corrected chi connectivity index (χ2v) is 6.84. The van der Waals surface area contributed by atoms with E-state index in [-0.39, 0.29) is 0 Å². The molecule has 0 radical (unpaired) electrons. The Morgan fingerprint density at radius 1 is 1.16 bits per heavy atom. The van der Waals surface area contributed by atoms with Crippen molar-refractivity contribution in [3.63, 3.8) is 0 Å². The van der Waals surface area contributed by atoms with Crippen molar-refractivity contribution in [2.24, 2.45) is 0 Å². The molecule has 0 saturated heterocycles. The van der Waals surface area contributed by atoms with E-state index in [9.17, 15) is 0 Å². The van der Waals surface area contributed by atoms with Gasteiger partial charge in [0.25, 0.3) is 0 Å². The highest BCUT2D eigenvalue weighted by Crippen LogP contribution is 2.39. The van der Waals surface area contributed by atoms with Gasteiger partial charge in [-0.25, -0.2) is 4.68 Å². The molecule has 1 aliphatic rings. The first kappa shape index (κ1) is 16.0. The molecule has 128 valence electrons. The van der Waals surface area contributed by atoms with E-state index in [1.165, 1.54) is 16.7 Å². The van der Waals surface area contributed by atoms with Crippen molar-refractivity contribution in [2.45, 2.75) is 20.3 Å². The maximum atomic E-state index is 6.24. The maximum Gasteiger partial charge on any atom is 0.133 e. The molecule has 0 fully saturated rings. The summed E-state index contributed by atoms with van der Waals surface area (Å²) in [6, 6.07) is 12.1. The van der Waals surface area contributed by atoms with Crippen molar-refractivity contribution in [1.29, 1.82) is 0 Å². The number of ether oxygens (including phenoxy) is 1. The molecule has 25 heavy (non-hydrogen) atoms. The fraction of sp³-hybridized carbons (Fsp3) is 0.250. The minimum absolute atomic E-state index is 0.677. The molecule has 1 N–H and O–H groups in total. The summed E-state index contributed by atoms with van der Waals surface area (Å²) < 4.78 is 7.55. The Labute approximate surface area is 152 Å². The molecule has 3 aromatic rings. The lowest BCUT2D eigenvalue weighted by Crippen LogP contribution is -2.06. The number of fused-ring (bicyclic) bond motifs is 1. The second-order valence-electron chi connectivity index (χ2n) is 6.40. The number of nitrogens with zero attached hydrogens (tertiary/aromatic N) is 2. The van der Waals surface area contributed by atoms with Crippen LogP contribution in [0, 0.1) is 13.8 Å². The summed E-state index contributed by atoms with van der Waals surface area (Å²) in [6.07, 6.45) is 0.936. The minimum atomic E-state index is 0.677. The zero-order valence-corrected chi connectivity index (χ0v) is 15.3. The number of hydrogen-bond acceptors (Lipinski definition) is 3. The summed E-state index contributed by atoms with van der Waals surface area (Å²) in [5.74, 6) is 1.84. The summed E-state index contributed by atoms with van der Waals surface area (Å²) in [4.78, 5) is 0. The number of hydrogen-bond donors (Lipinski definition) is 1. The first-order chi connectivity index (χ1) is 12.1. The van der Waals surface area contributed by atoms with Gasteiger partial charge in [-0.2, -0.15) is 5.10 Å². The SMILES string of the molecule is COc1ccc(Cl)cc1-c1nn(-c2ccc(C)cc2C)c2c1CCN2. The van der Waals surface area contributed by atoms with Gasteiger partial charge < -0.3 is 10.1 Å². The molecule has 2 aromatic carbocycles. The molecule has 2 heterocycles. The Morgan fingerprint density at radius 2 is 2.00 bits per heavy atom. The van der Waals surface area contributed by atoms with Gasteiger partial charge in [-0.1, -0.05) is 29.3 Å². The highest BCUT2D eigenvalue weighted by atomic mass is 35.5. The molecular weight excluding hydrogens is 334 g/mol. The first-order valence-corrected chi connectivity index (χ1v) is 8.73. The maximum absolute atomic E-state index is 6.24. The predicted octanol–water partition coefficient (Wildman–Crippen LogP) is 4.79. The van der Waals surface area contributed by atoms with Gasteiger partial charge in [0.15, 0.2) is 0 Å². The fourth-order valence-electron chi connectivity index (χ4n) is 3.47. The molecule has 0 amide bonds. The van der Waals surface area contributed by atoms with Gasteiger partial charge in [-0.15, -0.1) is 0 Å². The summed E-state index contributed by atoms with van der Waals surface area (Å²) in [5.41, 5.74) is 6.60. The largest absolute Gasteiger partial charge is 0.496 e. The number of halogens is 1. The van der Waals surface area contributed by atoms with Gasteiger partial charge in [0.05, 0.1) is 12.8 Å². The van der Waals surface area contributed by atoms with E-state index in [1.54, 1.807) is 7.11 Å². The highest BCUT2D eigenvalue weighted by Gasteiger charge is 2.26. The number of anilines is 1. The van der Waals surface area contributed by atoms with E-state index in [0.29, 0.717) is 5.02 Å². The average Bonchev–Trinajstić information content (AvgIpc) is 3.18. The highest BCUT2D eigenvalue weighted by molar-refractivity contribution is 6.31. The number of aromatic nitrogens is 2. The average molecular weight is 354 g/mol. The summed E-state index contributed by atoms with van der Waals surface area (Å²) in [6.45, 7) is 5.13. The quantitative estimate of drug-likeness (QED) is 0.736. The van der Waals surface area contributed by atoms with Crippen LogP contribution in [0.5, 0.6) is 5.75 Å². The van der Waals surface area contributed by atoms with Crippen molar-refractivity contribution < 1.29 is 4.74 Å². The Morgan fingerprint density at radius 3 is 2.76 bits per heavy atom. The van der Waals surface area contributed by atoms with Crippen LogP contribution in [0.2, 0.25) is 5.02 Å². The van der Waals surface area contributed by atoms with Crippen LogP contribution in [0.3, 0.4) is 0 Å². The van der Waals surface area contributed by atoms with Crippen LogP contribution in [0.1, 0.15) is 16.7 Å². The van der Waals surface area contributed by atoms with Crippen molar-refractivity contribution in [1.82, 2.24) is 9.78 Å². The van der Waals surface area contributed by atoms with Gasteiger partial charge in [-0.3, -0.25) is 0 Å². The lowest BCUT2D eigenvalue weighted by atomic mass is 10.1. The van der Waals surface area contributed by atoms with Gasteiger partial charge in [0.1, 0.15) is 17.3 Å². The van der Waals surface area contributed by atoms with Crippen molar-refractivity contribution >= 4 is 17.4 Å². The molecule has 0 bridgehead atoms. The molecule has 0 unspecified atom stereocenters. The van der Waals surface area contributed by atoms with E-state index >= 15 is 0 Å². The van der Waals surface area contributed by atoms with Crippen LogP contribution in [-0.4, -0.2) is 23.4 Å². The van der Waals surface area contributed by atoms with Gasteiger partial charge in [0, 0.05) is 22.7 Å². The molecule has 4 nitrogen and oxygen atoms in total. The Hall–Kier alpha value is -2.46. The van der Waals surface area contributed by atoms with Gasteiger partial charge >= 0.3 is 0 Å². The Kier molecular flexibility index (Phi) is 3.92. The molecule has 4 rings (SSSR count). The minimum Gasteiger partial charge on any atom is -0.496 e. The predicted molar refractivity (Wildman–Crippen MR) is 102 cm³/mol. The van der Waals surface area contributed by atoms with E-state index in [4.69, 9.17) is 21.4 Å². The molecule has 1 aromatic heterocycles. The smallest absolute Gasteiger partial charge is 0.133 e. The lowest BCUT2D eigenvalue weighted by molar-refractivity contribution is 0.416. The van der Waals surface area contributed by atoms with Crippen LogP contribution in [-0.2, 0) is 6.42 Å². The second kappa shape index (κ2) is 6.12. The van der Waals surface area contributed by atoms with Crippen molar-refractivity contribution in [3.8, 4) is 22.7 Å². The van der Waals surface area contributed by atoms with Crippen LogP contribution < -0.4 is 10.1 Å². The molecule has 0 aliphatic carbocycles. The number of benzene rings is 2. The Bertz CT molecular complexity index is 962. The summed E-state index contributed by atoms with van der Waals surface area (Å²) >= 11 is 6.24. The zero-order valence-electron chi connectivity index (χ0n) is 14.6. The van der Waals surface area contributed by atoms with Crippen molar-refractivity contribution in [2.75, 3.05) is 19.0 Å². The van der Waals surface area contributed by atoms with Crippen LogP contribution in [0.4, 0.5) is 5.82 Å². The molecule has 0 saturated carbocycles. The van der Waals surface area contributed by atoms with Gasteiger partial charge in [-0.05, 0) is 50.1 Å². The zero-order chi connectivity index (χ0) is 17.6. The third-order valence-corrected chi connectivity index (χ3v) is 4.88. The first-order valence-electron chi connectivity index (χ1n) is 8.36. The fourth-order valence-corrected chi connectivity index (χ4v) is 3.65. The number of nitrogens with one attached hydrogen (secondary N) is 1. The van der Waals surface area contributed by atoms with E-state index in [0.717, 1.165) is 41.5 Å². The molecule has 0 spiro atoms. The van der Waals surface area contributed by atoms with Crippen LogP contribution in [0.15, 0.2) is 36.4 Å². The molecular formula is C20H20ClN3O. The normalized spacial score (nSPS) is 12.8. The number of rotatable bonds is 3. The van der Waals surface area contributed by atoms with E-state index in [1.807, 2.05) is 22.9 Å². The summed E-state index contributed by atoms with van der Waals surface area (Å²) in [5, 5.41) is 9.08. The van der Waals surface area contributed by atoms with E-state index < -0.39 is 0 Å². The van der Waals surface area contributed by atoms with Crippen LogP contribution in [0.25, 0.3) is 16.9 Å². The van der Waals surface area contributed by atoms with Crippen molar-refractivity contribution in [3.05, 3.63) is 58.1 Å². The van der Waals surface area contributed by atoms with E-state index in [2.05, 4.69) is 37.4 Å².